The van der Waals surface area contributed by atoms with Gasteiger partial charge in [0.15, 0.2) is 5.78 Å². The van der Waals surface area contributed by atoms with Crippen LogP contribution < -0.4 is 10.1 Å². The van der Waals surface area contributed by atoms with Crippen LogP contribution in [0.4, 0.5) is 0 Å². The Morgan fingerprint density at radius 2 is 2.19 bits per heavy atom. The van der Waals surface area contributed by atoms with E-state index < -0.39 is 0 Å². The first kappa shape index (κ1) is 15.5. The van der Waals surface area contributed by atoms with Crippen molar-refractivity contribution in [3.63, 3.8) is 0 Å². The van der Waals surface area contributed by atoms with Gasteiger partial charge >= 0.3 is 0 Å². The fraction of sp³-hybridized carbons (Fsp3) is 0.500. The largest absolute Gasteiger partial charge is 0.496 e. The minimum atomic E-state index is -0.0121. The number of carbonyl (C=O) groups excluding carboxylic acids is 2. The first-order valence-electron chi connectivity index (χ1n) is 7.21. The summed E-state index contributed by atoms with van der Waals surface area (Å²) < 4.78 is 5.30. The maximum atomic E-state index is 12.5. The number of Topliss-reactive ketones (excluding diaryl/α,β-unsaturated/α-hetero) is 1. The van der Waals surface area contributed by atoms with Crippen LogP contribution in [0.15, 0.2) is 18.2 Å². The van der Waals surface area contributed by atoms with E-state index in [1.54, 1.807) is 25.3 Å². The van der Waals surface area contributed by atoms with Gasteiger partial charge in [0.25, 0.3) is 0 Å². The predicted octanol–water partition coefficient (Wildman–Crippen LogP) is 1.26. The number of hydrogen-bond donors (Lipinski definition) is 1. The Bertz CT molecular complexity index is 542. The average Bonchev–Trinajstić information content (AvgIpc) is 2.47. The van der Waals surface area contributed by atoms with Crippen LogP contribution in [0.5, 0.6) is 5.75 Å². The zero-order chi connectivity index (χ0) is 15.4. The van der Waals surface area contributed by atoms with E-state index in [1.807, 2.05) is 11.8 Å². The third kappa shape index (κ3) is 3.61. The summed E-state index contributed by atoms with van der Waals surface area (Å²) in [5, 5.41) is 3.27. The molecule has 1 aliphatic heterocycles. The fourth-order valence-corrected chi connectivity index (χ4v) is 2.61. The maximum Gasteiger partial charge on any atom is 0.227 e. The molecule has 0 bridgehead atoms. The molecule has 114 valence electrons. The summed E-state index contributed by atoms with van der Waals surface area (Å²) in [5.41, 5.74) is 1.37. The molecular formula is C16H22N2O3. The lowest BCUT2D eigenvalue weighted by Crippen LogP contribution is -2.52. The van der Waals surface area contributed by atoms with Gasteiger partial charge in [0, 0.05) is 36.8 Å². The summed E-state index contributed by atoms with van der Waals surface area (Å²) in [6.45, 7) is 5.91. The van der Waals surface area contributed by atoms with E-state index in [2.05, 4.69) is 5.32 Å². The van der Waals surface area contributed by atoms with E-state index in [0.717, 1.165) is 18.7 Å². The van der Waals surface area contributed by atoms with Crippen LogP contribution in [0, 0.1) is 0 Å². The van der Waals surface area contributed by atoms with E-state index >= 15 is 0 Å². The Morgan fingerprint density at radius 3 is 2.81 bits per heavy atom. The second kappa shape index (κ2) is 6.72. The Balaban J connectivity index is 2.19. The lowest BCUT2D eigenvalue weighted by atomic mass is 10.0. The van der Waals surface area contributed by atoms with Crippen molar-refractivity contribution in [3.05, 3.63) is 29.3 Å². The molecule has 0 spiro atoms. The van der Waals surface area contributed by atoms with E-state index in [1.165, 1.54) is 6.92 Å². The predicted molar refractivity (Wildman–Crippen MR) is 80.7 cm³/mol. The van der Waals surface area contributed by atoms with Crippen LogP contribution in [0.2, 0.25) is 0 Å². The first-order valence-corrected chi connectivity index (χ1v) is 7.21. The molecular weight excluding hydrogens is 268 g/mol. The number of nitrogens with zero attached hydrogens (tertiary/aromatic N) is 1. The number of carbonyl (C=O) groups is 2. The van der Waals surface area contributed by atoms with E-state index in [9.17, 15) is 9.59 Å². The highest BCUT2D eigenvalue weighted by atomic mass is 16.5. The first-order chi connectivity index (χ1) is 10.0. The molecule has 0 saturated carbocycles. The van der Waals surface area contributed by atoms with Crippen molar-refractivity contribution in [2.24, 2.45) is 0 Å². The molecule has 1 aromatic rings. The van der Waals surface area contributed by atoms with Crippen molar-refractivity contribution in [2.45, 2.75) is 26.3 Å². The van der Waals surface area contributed by atoms with Crippen molar-refractivity contribution >= 4 is 11.7 Å². The van der Waals surface area contributed by atoms with Gasteiger partial charge in [0.1, 0.15) is 5.75 Å². The lowest BCUT2D eigenvalue weighted by molar-refractivity contribution is -0.133. The second-order valence-electron chi connectivity index (χ2n) is 5.40. The van der Waals surface area contributed by atoms with Crippen LogP contribution in [-0.2, 0) is 11.2 Å². The molecule has 1 N–H and O–H groups in total. The highest BCUT2D eigenvalue weighted by Crippen LogP contribution is 2.22. The molecule has 1 aliphatic rings. The minimum Gasteiger partial charge on any atom is -0.496 e. The van der Waals surface area contributed by atoms with Crippen molar-refractivity contribution in [1.82, 2.24) is 10.2 Å². The molecule has 1 atom stereocenters. The number of ketones is 1. The number of piperazine rings is 1. The van der Waals surface area contributed by atoms with Crippen molar-refractivity contribution < 1.29 is 14.3 Å². The van der Waals surface area contributed by atoms with Crippen LogP contribution in [0.1, 0.15) is 29.8 Å². The SMILES string of the molecule is COc1ccc(C(C)=O)cc1CC(=O)N1CCNC[C@@H]1C. The summed E-state index contributed by atoms with van der Waals surface area (Å²) in [4.78, 5) is 25.9. The van der Waals surface area contributed by atoms with Gasteiger partial charge in [-0.15, -0.1) is 0 Å². The molecule has 0 aromatic heterocycles. The highest BCUT2D eigenvalue weighted by molar-refractivity contribution is 5.94. The number of hydrogen-bond acceptors (Lipinski definition) is 4. The molecule has 1 heterocycles. The zero-order valence-electron chi connectivity index (χ0n) is 12.8. The fourth-order valence-electron chi connectivity index (χ4n) is 2.61. The molecule has 21 heavy (non-hydrogen) atoms. The number of benzene rings is 1. The molecule has 5 nitrogen and oxygen atoms in total. The van der Waals surface area contributed by atoms with Crippen LogP contribution in [0.25, 0.3) is 0 Å². The lowest BCUT2D eigenvalue weighted by Gasteiger charge is -2.34. The highest BCUT2D eigenvalue weighted by Gasteiger charge is 2.24. The monoisotopic (exact) mass is 290 g/mol. The molecule has 0 aliphatic carbocycles. The minimum absolute atomic E-state index is 0.0121. The standard InChI is InChI=1S/C16H22N2O3/c1-11-10-17-6-7-18(11)16(20)9-14-8-13(12(2)19)4-5-15(14)21-3/h4-5,8,11,17H,6-7,9-10H2,1-3H3/t11-/m0/s1. The van der Waals surface area contributed by atoms with Gasteiger partial charge in [0.2, 0.25) is 5.91 Å². The third-order valence-corrected chi connectivity index (χ3v) is 3.85. The Morgan fingerprint density at radius 1 is 1.43 bits per heavy atom. The van der Waals surface area contributed by atoms with Crippen LogP contribution >= 0.6 is 0 Å². The number of rotatable bonds is 4. The molecule has 0 unspecified atom stereocenters. The maximum absolute atomic E-state index is 12.5. The molecule has 1 saturated heterocycles. The van der Waals surface area contributed by atoms with Gasteiger partial charge in [-0.1, -0.05) is 0 Å². The van der Waals surface area contributed by atoms with Gasteiger partial charge < -0.3 is 15.0 Å². The quantitative estimate of drug-likeness (QED) is 0.848. The summed E-state index contributed by atoms with van der Waals surface area (Å²) in [7, 11) is 1.57. The number of nitrogens with one attached hydrogen (secondary N) is 1. The summed E-state index contributed by atoms with van der Waals surface area (Å²) in [5.74, 6) is 0.709. The second-order valence-corrected chi connectivity index (χ2v) is 5.40. The van der Waals surface area contributed by atoms with Gasteiger partial charge in [-0.3, -0.25) is 9.59 Å². The number of methoxy groups -OCH3 is 1. The average molecular weight is 290 g/mol. The van der Waals surface area contributed by atoms with Crippen molar-refractivity contribution in [3.8, 4) is 5.75 Å². The van der Waals surface area contributed by atoms with Crippen molar-refractivity contribution in [1.29, 1.82) is 0 Å². The molecule has 2 rings (SSSR count). The Hall–Kier alpha value is -1.88. The van der Waals surface area contributed by atoms with E-state index in [0.29, 0.717) is 17.9 Å². The number of ether oxygens (including phenoxy) is 1. The van der Waals surface area contributed by atoms with E-state index in [4.69, 9.17) is 4.74 Å². The Kier molecular flexibility index (Phi) is 4.96. The van der Waals surface area contributed by atoms with Crippen LogP contribution in [0.3, 0.4) is 0 Å². The molecule has 0 radical (unpaired) electrons. The summed E-state index contributed by atoms with van der Waals surface area (Å²) in [6, 6.07) is 5.42. The molecule has 1 fully saturated rings. The third-order valence-electron chi connectivity index (χ3n) is 3.85. The molecule has 1 aromatic carbocycles. The molecule has 1 amide bonds. The van der Waals surface area contributed by atoms with Crippen molar-refractivity contribution in [2.75, 3.05) is 26.7 Å². The van der Waals surface area contributed by atoms with Gasteiger partial charge in [-0.05, 0) is 32.0 Å². The Labute approximate surface area is 125 Å². The van der Waals surface area contributed by atoms with Gasteiger partial charge in [-0.25, -0.2) is 0 Å². The topological polar surface area (TPSA) is 58.6 Å². The number of amides is 1. The zero-order valence-corrected chi connectivity index (χ0v) is 12.8. The van der Waals surface area contributed by atoms with Gasteiger partial charge in [0.05, 0.1) is 13.5 Å². The molecule has 5 heteroatoms. The van der Waals surface area contributed by atoms with E-state index in [-0.39, 0.29) is 24.2 Å². The smallest absolute Gasteiger partial charge is 0.227 e. The normalized spacial score (nSPS) is 18.4. The van der Waals surface area contributed by atoms with Gasteiger partial charge in [-0.2, -0.15) is 0 Å². The summed E-state index contributed by atoms with van der Waals surface area (Å²) in [6.07, 6.45) is 0.259. The van der Waals surface area contributed by atoms with Crippen LogP contribution in [-0.4, -0.2) is 49.4 Å². The summed E-state index contributed by atoms with van der Waals surface area (Å²) >= 11 is 0.